The van der Waals surface area contributed by atoms with Gasteiger partial charge in [0.15, 0.2) is 0 Å². The van der Waals surface area contributed by atoms with Crippen LogP contribution in [-0.2, 0) is 9.59 Å². The molecule has 0 spiro atoms. The quantitative estimate of drug-likeness (QED) is 0.354. The topological polar surface area (TPSA) is 77.4 Å². The predicted molar refractivity (Wildman–Crippen MR) is 26.6 cm³/mol. The van der Waals surface area contributed by atoms with Crippen LogP contribution in [0.2, 0.25) is 0 Å². The minimum atomic E-state index is -1.62. The van der Waals surface area contributed by atoms with Gasteiger partial charge in [-0.1, -0.05) is 11.6 Å². The molecule has 0 heterocycles. The van der Waals surface area contributed by atoms with Crippen LogP contribution in [0.1, 0.15) is 0 Å². The Hall–Kier alpha value is 0.606. The number of carbonyl (C=O) groups excluding carboxylic acids is 1. The van der Waals surface area contributed by atoms with E-state index in [1.54, 1.807) is 0 Å². The Bertz CT molecular complexity index is 176. The van der Waals surface area contributed by atoms with Crippen LogP contribution < -0.4 is 56.5 Å². The molecular weight excluding hydrogens is 187 g/mol. The number of hydrogen-bond donors (Lipinski definition) is 1. The van der Waals surface area contributed by atoms with Gasteiger partial charge in [-0.15, -0.1) is 0 Å². The van der Waals surface area contributed by atoms with Gasteiger partial charge in [-0.2, -0.15) is 0 Å². The first-order valence-electron chi connectivity index (χ1n) is 1.85. The zero-order valence-electron chi connectivity index (χ0n) is 5.13. The molecule has 0 aromatic rings. The summed E-state index contributed by atoms with van der Waals surface area (Å²) in [6.07, 6.45) is 0.296. The van der Waals surface area contributed by atoms with Crippen molar-refractivity contribution in [3.8, 4) is 0 Å². The first-order chi connectivity index (χ1) is 4.04. The summed E-state index contributed by atoms with van der Waals surface area (Å²) in [5.41, 5.74) is 0. The molecule has 0 fully saturated rings. The van der Waals surface area contributed by atoms with Gasteiger partial charge in [0, 0.05) is 0 Å². The molecule has 1 N–H and O–H groups in total. The zero-order valence-corrected chi connectivity index (χ0v) is 9.01. The fourth-order valence-electron chi connectivity index (χ4n) is 0.165. The molecule has 0 bridgehead atoms. The monoisotopic (exact) mass is 188 g/mol. The van der Waals surface area contributed by atoms with Crippen molar-refractivity contribution < 1.29 is 71.2 Å². The van der Waals surface area contributed by atoms with Gasteiger partial charge in [-0.05, 0) is 6.08 Å². The van der Waals surface area contributed by atoms with E-state index in [9.17, 15) is 14.7 Å². The van der Waals surface area contributed by atoms with E-state index in [-0.39, 0.29) is 51.4 Å². The van der Waals surface area contributed by atoms with Crippen molar-refractivity contribution >= 4 is 23.5 Å². The summed E-state index contributed by atoms with van der Waals surface area (Å²) in [4.78, 5) is 19.3. The molecule has 0 aromatic carbocycles. The number of aliphatic carboxylic acids is 2. The largest absolute Gasteiger partial charge is 1.00 e. The summed E-state index contributed by atoms with van der Waals surface area (Å²) < 4.78 is 0. The Balaban J connectivity index is 0. The first kappa shape index (κ1) is 13.2. The van der Waals surface area contributed by atoms with Crippen molar-refractivity contribution in [3.63, 3.8) is 0 Å². The summed E-state index contributed by atoms with van der Waals surface area (Å²) >= 11 is 4.85. The normalized spacial score (nSPS) is 9.90. The van der Waals surface area contributed by atoms with E-state index in [4.69, 9.17) is 16.7 Å². The van der Waals surface area contributed by atoms with Crippen LogP contribution >= 0.6 is 11.6 Å². The number of carboxylic acids is 2. The number of carbonyl (C=O) groups is 2. The third-order valence-corrected chi connectivity index (χ3v) is 0.720. The standard InChI is InChI=1S/C4H3ClO4.K/c5-2(4(8)9)1-3(6)7;/h1H,(H,6,7)(H,8,9);/q;+1/p-1/b2-1+;. The minimum Gasteiger partial charge on any atom is -0.545 e. The second-order valence-corrected chi connectivity index (χ2v) is 1.52. The molecular formula is C4H2ClKO4. The van der Waals surface area contributed by atoms with Gasteiger partial charge < -0.3 is 15.0 Å². The van der Waals surface area contributed by atoms with Gasteiger partial charge in [-0.25, -0.2) is 4.79 Å². The molecule has 0 saturated carbocycles. The van der Waals surface area contributed by atoms with Gasteiger partial charge in [-0.3, -0.25) is 0 Å². The maximum atomic E-state index is 9.74. The maximum absolute atomic E-state index is 9.74. The van der Waals surface area contributed by atoms with Crippen molar-refractivity contribution in [2.24, 2.45) is 0 Å². The van der Waals surface area contributed by atoms with Crippen LogP contribution in [-0.4, -0.2) is 17.0 Å². The molecule has 0 aliphatic rings. The van der Waals surface area contributed by atoms with E-state index in [1.807, 2.05) is 0 Å². The smallest absolute Gasteiger partial charge is 0.545 e. The van der Waals surface area contributed by atoms with E-state index in [0.717, 1.165) is 0 Å². The minimum absolute atomic E-state index is 0. The average Bonchev–Trinajstić information content (AvgIpc) is 1.63. The molecule has 0 aliphatic carbocycles. The van der Waals surface area contributed by atoms with Crippen molar-refractivity contribution in [2.45, 2.75) is 0 Å². The molecule has 0 radical (unpaired) electrons. The first-order valence-corrected chi connectivity index (χ1v) is 2.23. The molecule has 4 nitrogen and oxygen atoms in total. The molecule has 0 aromatic heterocycles. The number of carboxylic acid groups (broad SMARTS) is 2. The Morgan fingerprint density at radius 2 is 1.90 bits per heavy atom. The van der Waals surface area contributed by atoms with Gasteiger partial charge in [0.1, 0.15) is 5.03 Å². The number of rotatable bonds is 2. The van der Waals surface area contributed by atoms with Crippen LogP contribution in [0.3, 0.4) is 0 Å². The van der Waals surface area contributed by atoms with E-state index < -0.39 is 17.0 Å². The van der Waals surface area contributed by atoms with Crippen LogP contribution in [0.4, 0.5) is 0 Å². The zero-order chi connectivity index (χ0) is 7.44. The fourth-order valence-corrected chi connectivity index (χ4v) is 0.254. The summed E-state index contributed by atoms with van der Waals surface area (Å²) in [6, 6.07) is 0. The Labute approximate surface area is 104 Å². The van der Waals surface area contributed by atoms with Crippen molar-refractivity contribution in [2.75, 3.05) is 0 Å². The third kappa shape index (κ3) is 6.72. The van der Waals surface area contributed by atoms with Crippen molar-refractivity contribution in [3.05, 3.63) is 11.1 Å². The third-order valence-electron chi connectivity index (χ3n) is 0.449. The van der Waals surface area contributed by atoms with Crippen LogP contribution in [0, 0.1) is 0 Å². The molecule has 6 heteroatoms. The Morgan fingerprint density at radius 3 is 2.00 bits per heavy atom. The predicted octanol–water partition coefficient (Wildman–Crippen LogP) is -4.05. The van der Waals surface area contributed by atoms with Gasteiger partial charge in [0.05, 0.1) is 5.97 Å². The molecule has 10 heavy (non-hydrogen) atoms. The molecule has 0 rings (SSSR count). The Kier molecular flexibility index (Phi) is 8.36. The maximum Gasteiger partial charge on any atom is 1.00 e. The van der Waals surface area contributed by atoms with E-state index in [2.05, 4.69) is 0 Å². The van der Waals surface area contributed by atoms with Crippen LogP contribution in [0.15, 0.2) is 11.1 Å². The van der Waals surface area contributed by atoms with Gasteiger partial charge >= 0.3 is 57.4 Å². The van der Waals surface area contributed by atoms with Gasteiger partial charge in [0.25, 0.3) is 0 Å². The SMILES string of the molecule is O=C([O-])/C=C(/Cl)C(=O)O.[K+]. The molecule has 0 aliphatic heterocycles. The van der Waals surface area contributed by atoms with Crippen molar-refractivity contribution in [1.82, 2.24) is 0 Å². The summed E-state index contributed by atoms with van der Waals surface area (Å²) in [5, 5.41) is 16.7. The number of hydrogen-bond acceptors (Lipinski definition) is 3. The Morgan fingerprint density at radius 1 is 1.50 bits per heavy atom. The summed E-state index contributed by atoms with van der Waals surface area (Å²) in [6.45, 7) is 0. The molecule has 0 amide bonds. The second kappa shape index (κ2) is 6.33. The van der Waals surface area contributed by atoms with Crippen molar-refractivity contribution in [1.29, 1.82) is 0 Å². The molecule has 0 atom stereocenters. The van der Waals surface area contributed by atoms with E-state index >= 15 is 0 Å². The molecule has 0 saturated heterocycles. The second-order valence-electron chi connectivity index (χ2n) is 1.12. The number of halogens is 1. The average molecular weight is 189 g/mol. The van der Waals surface area contributed by atoms with Gasteiger partial charge in [0.2, 0.25) is 0 Å². The fraction of sp³-hybridized carbons (Fsp3) is 0. The molecule has 0 unspecified atom stereocenters. The van der Waals surface area contributed by atoms with Crippen LogP contribution in [0.5, 0.6) is 0 Å². The van der Waals surface area contributed by atoms with E-state index in [0.29, 0.717) is 6.08 Å². The van der Waals surface area contributed by atoms with Crippen LogP contribution in [0.25, 0.3) is 0 Å². The van der Waals surface area contributed by atoms with E-state index in [1.165, 1.54) is 0 Å². The summed E-state index contributed by atoms with van der Waals surface area (Å²) in [7, 11) is 0. The summed E-state index contributed by atoms with van der Waals surface area (Å²) in [5.74, 6) is -3.11. The molecule has 50 valence electrons.